The Bertz CT molecular complexity index is 641. The molecule has 5 nitrogen and oxygen atoms in total. The summed E-state index contributed by atoms with van der Waals surface area (Å²) >= 11 is 6.17. The summed E-state index contributed by atoms with van der Waals surface area (Å²) in [6, 6.07) is 7.90. The average molecular weight is 462 g/mol. The highest BCUT2D eigenvalue weighted by Gasteiger charge is 2.01. The van der Waals surface area contributed by atoms with Crippen LogP contribution >= 0.6 is 35.6 Å². The van der Waals surface area contributed by atoms with Crippen molar-refractivity contribution in [1.29, 1.82) is 0 Å². The number of benzene rings is 1. The number of hydrogen-bond donors (Lipinski definition) is 2. The molecule has 0 aliphatic heterocycles. The highest BCUT2D eigenvalue weighted by molar-refractivity contribution is 14.0. The van der Waals surface area contributed by atoms with Gasteiger partial charge in [0, 0.05) is 37.9 Å². The first-order valence-electron chi connectivity index (χ1n) is 7.92. The van der Waals surface area contributed by atoms with Gasteiger partial charge in [-0.1, -0.05) is 29.8 Å². The third-order valence-corrected chi connectivity index (χ3v) is 3.79. The fourth-order valence-electron chi connectivity index (χ4n) is 2.26. The molecule has 0 atom stereocenters. The third kappa shape index (κ3) is 7.09. The van der Waals surface area contributed by atoms with Crippen molar-refractivity contribution in [3.8, 4) is 0 Å². The first-order valence-corrected chi connectivity index (χ1v) is 8.30. The quantitative estimate of drug-likeness (QED) is 0.379. The van der Waals surface area contributed by atoms with Gasteiger partial charge in [0.2, 0.25) is 0 Å². The average Bonchev–Trinajstić information content (AvgIpc) is 2.94. The van der Waals surface area contributed by atoms with Gasteiger partial charge in [0.1, 0.15) is 0 Å². The number of aryl methyl sites for hydroxylation is 1. The lowest BCUT2D eigenvalue weighted by Crippen LogP contribution is -2.38. The number of rotatable bonds is 7. The number of hydrogen-bond acceptors (Lipinski definition) is 2. The van der Waals surface area contributed by atoms with E-state index in [9.17, 15) is 0 Å². The SMILES string of the molecule is CCNC(=NCCc1ccccc1Cl)NCCc1cnn(C)c1.I. The number of nitrogens with zero attached hydrogens (tertiary/aromatic N) is 3. The summed E-state index contributed by atoms with van der Waals surface area (Å²) in [5, 5.41) is 11.6. The Hall–Kier alpha value is -1.28. The summed E-state index contributed by atoms with van der Waals surface area (Å²) in [5.41, 5.74) is 2.34. The molecule has 1 heterocycles. The monoisotopic (exact) mass is 461 g/mol. The van der Waals surface area contributed by atoms with Crippen molar-refractivity contribution >= 4 is 41.5 Å². The van der Waals surface area contributed by atoms with Crippen LogP contribution in [0, 0.1) is 0 Å². The molecule has 0 bridgehead atoms. The van der Waals surface area contributed by atoms with Crippen LogP contribution in [0.1, 0.15) is 18.1 Å². The summed E-state index contributed by atoms with van der Waals surface area (Å²) in [7, 11) is 1.93. The maximum absolute atomic E-state index is 6.17. The predicted octanol–water partition coefficient (Wildman–Crippen LogP) is 3.03. The third-order valence-electron chi connectivity index (χ3n) is 3.42. The molecule has 2 rings (SSSR count). The first kappa shape index (κ1) is 20.8. The second-order valence-electron chi connectivity index (χ2n) is 5.30. The van der Waals surface area contributed by atoms with Crippen molar-refractivity contribution in [2.24, 2.45) is 12.0 Å². The summed E-state index contributed by atoms with van der Waals surface area (Å²) in [6.07, 6.45) is 5.67. The molecule has 0 amide bonds. The Morgan fingerprint density at radius 1 is 1.25 bits per heavy atom. The van der Waals surface area contributed by atoms with Crippen LogP contribution in [0.2, 0.25) is 5.02 Å². The van der Waals surface area contributed by atoms with Crippen LogP contribution in [0.3, 0.4) is 0 Å². The normalized spacial score (nSPS) is 11.0. The van der Waals surface area contributed by atoms with Crippen LogP contribution in [-0.4, -0.2) is 35.4 Å². The van der Waals surface area contributed by atoms with Crippen molar-refractivity contribution in [2.75, 3.05) is 19.6 Å². The molecule has 2 N–H and O–H groups in total. The maximum Gasteiger partial charge on any atom is 0.191 e. The van der Waals surface area contributed by atoms with Gasteiger partial charge in [-0.05, 0) is 37.0 Å². The predicted molar refractivity (Wildman–Crippen MR) is 111 cm³/mol. The molecule has 0 aliphatic carbocycles. The summed E-state index contributed by atoms with van der Waals surface area (Å²) < 4.78 is 1.82. The smallest absolute Gasteiger partial charge is 0.191 e. The standard InChI is InChI=1S/C17H24ClN5.HI/c1-3-19-17(20-10-8-14-12-22-23(2)13-14)21-11-9-15-6-4-5-7-16(15)18;/h4-7,12-13H,3,8-11H2,1-2H3,(H2,19,20,21);1H. The Balaban J connectivity index is 0.00000288. The zero-order valence-electron chi connectivity index (χ0n) is 14.1. The van der Waals surface area contributed by atoms with Crippen molar-refractivity contribution in [2.45, 2.75) is 19.8 Å². The highest BCUT2D eigenvalue weighted by Crippen LogP contribution is 2.15. The van der Waals surface area contributed by atoms with Gasteiger partial charge < -0.3 is 10.6 Å². The Kier molecular flexibility index (Phi) is 9.78. The van der Waals surface area contributed by atoms with Crippen LogP contribution in [0.25, 0.3) is 0 Å². The minimum atomic E-state index is 0. The van der Waals surface area contributed by atoms with E-state index in [1.165, 1.54) is 5.56 Å². The molecule has 0 saturated carbocycles. The van der Waals surface area contributed by atoms with Crippen LogP contribution in [0.4, 0.5) is 0 Å². The second kappa shape index (κ2) is 11.3. The van der Waals surface area contributed by atoms with Crippen LogP contribution in [0.5, 0.6) is 0 Å². The van der Waals surface area contributed by atoms with Crippen molar-refractivity contribution in [3.05, 3.63) is 52.8 Å². The van der Waals surface area contributed by atoms with Crippen LogP contribution in [-0.2, 0) is 19.9 Å². The Morgan fingerprint density at radius 2 is 2.04 bits per heavy atom. The van der Waals surface area contributed by atoms with Gasteiger partial charge >= 0.3 is 0 Å². The van der Waals surface area contributed by atoms with E-state index >= 15 is 0 Å². The number of nitrogens with one attached hydrogen (secondary N) is 2. The van der Waals surface area contributed by atoms with E-state index in [2.05, 4.69) is 27.6 Å². The molecule has 0 unspecified atom stereocenters. The molecule has 2 aromatic rings. The van der Waals surface area contributed by atoms with E-state index in [0.29, 0.717) is 6.54 Å². The molecule has 0 spiro atoms. The number of aromatic nitrogens is 2. The molecular weight excluding hydrogens is 437 g/mol. The number of guanidine groups is 1. The molecule has 132 valence electrons. The van der Waals surface area contributed by atoms with E-state index in [4.69, 9.17) is 11.6 Å². The van der Waals surface area contributed by atoms with Gasteiger partial charge in [-0.3, -0.25) is 9.67 Å². The summed E-state index contributed by atoms with van der Waals surface area (Å²) in [6.45, 7) is 4.42. The lowest BCUT2D eigenvalue weighted by atomic mass is 10.1. The van der Waals surface area contributed by atoms with Crippen molar-refractivity contribution < 1.29 is 0 Å². The topological polar surface area (TPSA) is 54.2 Å². The molecule has 0 saturated heterocycles. The minimum absolute atomic E-state index is 0. The first-order chi connectivity index (χ1) is 11.2. The molecular formula is C17H25ClIN5. The van der Waals surface area contributed by atoms with Crippen LogP contribution < -0.4 is 10.6 Å². The largest absolute Gasteiger partial charge is 0.357 e. The number of halogens is 2. The van der Waals surface area contributed by atoms with Gasteiger partial charge in [-0.15, -0.1) is 24.0 Å². The fourth-order valence-corrected chi connectivity index (χ4v) is 2.49. The van der Waals surface area contributed by atoms with Gasteiger partial charge in [-0.25, -0.2) is 0 Å². The van der Waals surface area contributed by atoms with Gasteiger partial charge in [0.15, 0.2) is 5.96 Å². The molecule has 0 fully saturated rings. The minimum Gasteiger partial charge on any atom is -0.357 e. The molecule has 24 heavy (non-hydrogen) atoms. The number of aliphatic imine (C=N–C) groups is 1. The lowest BCUT2D eigenvalue weighted by molar-refractivity contribution is 0.765. The highest BCUT2D eigenvalue weighted by atomic mass is 127. The van der Waals surface area contributed by atoms with Crippen molar-refractivity contribution in [1.82, 2.24) is 20.4 Å². The van der Waals surface area contributed by atoms with Gasteiger partial charge in [0.25, 0.3) is 0 Å². The van der Waals surface area contributed by atoms with E-state index in [1.807, 2.05) is 48.4 Å². The second-order valence-corrected chi connectivity index (χ2v) is 5.71. The van der Waals surface area contributed by atoms with E-state index in [-0.39, 0.29) is 24.0 Å². The zero-order chi connectivity index (χ0) is 16.5. The van der Waals surface area contributed by atoms with Gasteiger partial charge in [-0.2, -0.15) is 5.10 Å². The molecule has 1 aromatic heterocycles. The van der Waals surface area contributed by atoms with Crippen molar-refractivity contribution in [3.63, 3.8) is 0 Å². The molecule has 7 heteroatoms. The maximum atomic E-state index is 6.17. The molecule has 0 aliphatic rings. The van der Waals surface area contributed by atoms with E-state index in [0.717, 1.165) is 42.5 Å². The molecule has 0 radical (unpaired) electrons. The van der Waals surface area contributed by atoms with Gasteiger partial charge in [0.05, 0.1) is 6.20 Å². The molecule has 1 aromatic carbocycles. The Morgan fingerprint density at radius 3 is 2.71 bits per heavy atom. The van der Waals surface area contributed by atoms with E-state index in [1.54, 1.807) is 0 Å². The van der Waals surface area contributed by atoms with E-state index < -0.39 is 0 Å². The Labute approximate surface area is 165 Å². The zero-order valence-corrected chi connectivity index (χ0v) is 17.2. The summed E-state index contributed by atoms with van der Waals surface area (Å²) in [5.74, 6) is 0.837. The van der Waals surface area contributed by atoms with Crippen LogP contribution in [0.15, 0.2) is 41.7 Å². The summed E-state index contributed by atoms with van der Waals surface area (Å²) in [4.78, 5) is 4.60. The fraction of sp³-hybridized carbons (Fsp3) is 0.412. The lowest BCUT2D eigenvalue weighted by Gasteiger charge is -2.11.